The van der Waals surface area contributed by atoms with Gasteiger partial charge in [0.05, 0.1) is 10.1 Å². The van der Waals surface area contributed by atoms with E-state index in [1.807, 2.05) is 0 Å². The van der Waals surface area contributed by atoms with E-state index in [-0.39, 0.29) is 11.9 Å². The number of rotatable bonds is 1. The molecule has 3 N–H and O–H groups in total. The van der Waals surface area contributed by atoms with Crippen molar-refractivity contribution in [2.24, 2.45) is 5.73 Å². The van der Waals surface area contributed by atoms with E-state index in [0.717, 1.165) is 12.8 Å². The highest BCUT2D eigenvalue weighted by molar-refractivity contribution is 9.10. The van der Waals surface area contributed by atoms with E-state index in [1.165, 1.54) is 0 Å². The minimum atomic E-state index is -1.11. The fourth-order valence-electron chi connectivity index (χ4n) is 2.40. The molecule has 4 heteroatoms. The molecule has 1 saturated carbocycles. The maximum Gasteiger partial charge on any atom is 0.143 e. The lowest BCUT2D eigenvalue weighted by Gasteiger charge is -2.36. The molecule has 0 amide bonds. The lowest BCUT2D eigenvalue weighted by Crippen LogP contribution is -2.39. The summed E-state index contributed by atoms with van der Waals surface area (Å²) >= 11 is 3.13. The molecule has 0 spiro atoms. The molecular formula is C12H15BrFNO. The molecule has 0 radical (unpaired) electrons. The number of nitrogens with two attached hydrogens (primary N) is 1. The van der Waals surface area contributed by atoms with Gasteiger partial charge in [-0.05, 0) is 47.7 Å². The molecule has 0 saturated heterocycles. The van der Waals surface area contributed by atoms with E-state index in [1.54, 1.807) is 18.2 Å². The van der Waals surface area contributed by atoms with E-state index in [2.05, 4.69) is 15.9 Å². The first-order valence-corrected chi connectivity index (χ1v) is 6.25. The van der Waals surface area contributed by atoms with Gasteiger partial charge >= 0.3 is 0 Å². The molecule has 88 valence electrons. The van der Waals surface area contributed by atoms with Crippen molar-refractivity contribution in [2.45, 2.75) is 37.3 Å². The summed E-state index contributed by atoms with van der Waals surface area (Å²) in [6, 6.07) is 4.96. The summed E-state index contributed by atoms with van der Waals surface area (Å²) in [5.41, 5.74) is 5.09. The van der Waals surface area contributed by atoms with Gasteiger partial charge in [0.2, 0.25) is 0 Å². The van der Waals surface area contributed by atoms with Crippen LogP contribution in [0.4, 0.5) is 4.39 Å². The Labute approximate surface area is 103 Å². The predicted molar refractivity (Wildman–Crippen MR) is 64.4 cm³/mol. The highest BCUT2D eigenvalue weighted by Crippen LogP contribution is 2.38. The van der Waals surface area contributed by atoms with E-state index >= 15 is 0 Å². The van der Waals surface area contributed by atoms with Gasteiger partial charge in [-0.15, -0.1) is 0 Å². The van der Waals surface area contributed by atoms with Crippen LogP contribution < -0.4 is 5.73 Å². The van der Waals surface area contributed by atoms with Crippen molar-refractivity contribution in [1.29, 1.82) is 0 Å². The Kier molecular flexibility index (Phi) is 3.33. The van der Waals surface area contributed by atoms with Crippen LogP contribution in [0.25, 0.3) is 0 Å². The van der Waals surface area contributed by atoms with Crippen molar-refractivity contribution in [2.75, 3.05) is 0 Å². The number of hydrogen-bond donors (Lipinski definition) is 2. The Morgan fingerprint density at radius 3 is 2.94 bits per heavy atom. The molecule has 1 aliphatic rings. The van der Waals surface area contributed by atoms with Crippen molar-refractivity contribution in [1.82, 2.24) is 0 Å². The zero-order valence-corrected chi connectivity index (χ0v) is 10.5. The van der Waals surface area contributed by atoms with Gasteiger partial charge in [0.25, 0.3) is 0 Å². The number of aliphatic hydroxyl groups is 1. The monoisotopic (exact) mass is 287 g/mol. The van der Waals surface area contributed by atoms with Crippen molar-refractivity contribution < 1.29 is 9.50 Å². The van der Waals surface area contributed by atoms with Gasteiger partial charge in [0.15, 0.2) is 0 Å². The van der Waals surface area contributed by atoms with Crippen molar-refractivity contribution in [3.05, 3.63) is 34.1 Å². The average molecular weight is 288 g/mol. The van der Waals surface area contributed by atoms with Crippen LogP contribution in [-0.2, 0) is 5.60 Å². The molecular weight excluding hydrogens is 273 g/mol. The quantitative estimate of drug-likeness (QED) is 0.834. The minimum Gasteiger partial charge on any atom is -0.385 e. The fraction of sp³-hybridized carbons (Fsp3) is 0.500. The summed E-state index contributed by atoms with van der Waals surface area (Å²) in [6.45, 7) is 0. The van der Waals surface area contributed by atoms with E-state index < -0.39 is 5.60 Å². The lowest BCUT2D eigenvalue weighted by atomic mass is 9.77. The van der Waals surface area contributed by atoms with Gasteiger partial charge in [-0.3, -0.25) is 0 Å². The molecule has 1 aromatic carbocycles. The molecule has 0 aromatic heterocycles. The summed E-state index contributed by atoms with van der Waals surface area (Å²) in [7, 11) is 0. The Morgan fingerprint density at radius 2 is 2.25 bits per heavy atom. The van der Waals surface area contributed by atoms with Crippen LogP contribution >= 0.6 is 15.9 Å². The Bertz CT molecular complexity index is 399. The summed E-state index contributed by atoms with van der Waals surface area (Å²) in [4.78, 5) is 0. The van der Waals surface area contributed by atoms with Crippen LogP contribution in [-0.4, -0.2) is 11.1 Å². The topological polar surface area (TPSA) is 46.2 Å². The summed E-state index contributed by atoms with van der Waals surface area (Å²) in [5.74, 6) is -0.376. The predicted octanol–water partition coefficient (Wildman–Crippen LogP) is 2.68. The number of benzene rings is 1. The van der Waals surface area contributed by atoms with Crippen LogP contribution in [0.5, 0.6) is 0 Å². The zero-order chi connectivity index (χ0) is 11.8. The van der Waals surface area contributed by atoms with Crippen LogP contribution in [0.3, 0.4) is 0 Å². The lowest BCUT2D eigenvalue weighted by molar-refractivity contribution is -0.0103. The summed E-state index contributed by atoms with van der Waals surface area (Å²) in [5, 5.41) is 10.5. The molecule has 0 aliphatic heterocycles. The van der Waals surface area contributed by atoms with Gasteiger partial charge in [-0.25, -0.2) is 4.39 Å². The van der Waals surface area contributed by atoms with Crippen LogP contribution in [0, 0.1) is 5.82 Å². The largest absolute Gasteiger partial charge is 0.385 e. The van der Waals surface area contributed by atoms with Crippen molar-refractivity contribution >= 4 is 15.9 Å². The highest BCUT2D eigenvalue weighted by atomic mass is 79.9. The summed E-state index contributed by atoms with van der Waals surface area (Å²) < 4.78 is 14.3. The van der Waals surface area contributed by atoms with Crippen molar-refractivity contribution in [3.8, 4) is 0 Å². The maximum atomic E-state index is 13.9. The molecule has 2 unspecified atom stereocenters. The molecule has 2 atom stereocenters. The maximum absolute atomic E-state index is 13.9. The average Bonchev–Trinajstić information content (AvgIpc) is 2.21. The third kappa shape index (κ3) is 2.14. The number of hydrogen-bond acceptors (Lipinski definition) is 2. The second-order valence-electron chi connectivity index (χ2n) is 4.49. The SMILES string of the molecule is NC1CCCC(O)(c2cccc(Br)c2F)C1. The molecule has 1 aliphatic carbocycles. The van der Waals surface area contributed by atoms with Gasteiger partial charge in [-0.2, -0.15) is 0 Å². The van der Waals surface area contributed by atoms with E-state index in [9.17, 15) is 9.50 Å². The molecule has 1 fully saturated rings. The van der Waals surface area contributed by atoms with Gasteiger partial charge < -0.3 is 10.8 Å². The molecule has 0 heterocycles. The number of halogens is 2. The van der Waals surface area contributed by atoms with Gasteiger partial charge in [-0.1, -0.05) is 12.1 Å². The molecule has 0 bridgehead atoms. The molecule has 16 heavy (non-hydrogen) atoms. The zero-order valence-electron chi connectivity index (χ0n) is 8.92. The second-order valence-corrected chi connectivity index (χ2v) is 5.34. The Hall–Kier alpha value is -0.450. The first-order chi connectivity index (χ1) is 7.53. The van der Waals surface area contributed by atoms with Crippen LogP contribution in [0.15, 0.2) is 22.7 Å². The van der Waals surface area contributed by atoms with Crippen molar-refractivity contribution in [3.63, 3.8) is 0 Å². The standard InChI is InChI=1S/C12H15BrFNO/c13-10-5-1-4-9(11(10)14)12(16)6-2-3-8(15)7-12/h1,4-5,8,16H,2-3,6-7,15H2. The third-order valence-corrected chi connectivity index (χ3v) is 3.83. The van der Waals surface area contributed by atoms with E-state index in [4.69, 9.17) is 5.73 Å². The highest BCUT2D eigenvalue weighted by Gasteiger charge is 2.36. The van der Waals surface area contributed by atoms with Crippen LogP contribution in [0.1, 0.15) is 31.2 Å². The fourth-order valence-corrected chi connectivity index (χ4v) is 2.77. The first kappa shape index (κ1) is 12.0. The normalized spacial score (nSPS) is 30.4. The first-order valence-electron chi connectivity index (χ1n) is 5.45. The molecule has 1 aromatic rings. The minimum absolute atomic E-state index is 0.0443. The Balaban J connectivity index is 2.38. The molecule has 2 nitrogen and oxygen atoms in total. The smallest absolute Gasteiger partial charge is 0.143 e. The molecule has 2 rings (SSSR count). The van der Waals surface area contributed by atoms with Crippen LogP contribution in [0.2, 0.25) is 0 Å². The van der Waals surface area contributed by atoms with E-state index in [0.29, 0.717) is 22.9 Å². The Morgan fingerprint density at radius 1 is 1.50 bits per heavy atom. The summed E-state index contributed by atoms with van der Waals surface area (Å²) in [6.07, 6.45) is 2.75. The second kappa shape index (κ2) is 4.43. The van der Waals surface area contributed by atoms with Gasteiger partial charge in [0.1, 0.15) is 5.82 Å². The van der Waals surface area contributed by atoms with Gasteiger partial charge in [0, 0.05) is 11.6 Å². The third-order valence-electron chi connectivity index (χ3n) is 3.22.